The summed E-state index contributed by atoms with van der Waals surface area (Å²) >= 11 is 4.58. The van der Waals surface area contributed by atoms with Crippen LogP contribution in [0.5, 0.6) is 0 Å². The molecule has 1 N–H and O–H groups in total. The van der Waals surface area contributed by atoms with Crippen molar-refractivity contribution in [2.45, 2.75) is 0 Å². The van der Waals surface area contributed by atoms with Crippen molar-refractivity contribution in [1.29, 1.82) is 0 Å². The van der Waals surface area contributed by atoms with Crippen molar-refractivity contribution in [2.24, 2.45) is 0 Å². The second-order valence-electron chi connectivity index (χ2n) is 5.84. The van der Waals surface area contributed by atoms with E-state index in [1.54, 1.807) is 6.07 Å². The second kappa shape index (κ2) is 7.65. The van der Waals surface area contributed by atoms with Gasteiger partial charge >= 0.3 is 0 Å². The highest BCUT2D eigenvalue weighted by atomic mass is 79.9. The van der Waals surface area contributed by atoms with Crippen molar-refractivity contribution in [3.63, 3.8) is 0 Å². The molecule has 0 unspecified atom stereocenters. The molecule has 28 heavy (non-hydrogen) atoms. The molecule has 2 aromatic heterocycles. The highest BCUT2D eigenvalue weighted by Gasteiger charge is 2.20. The van der Waals surface area contributed by atoms with Gasteiger partial charge in [0.25, 0.3) is 5.91 Å². The van der Waals surface area contributed by atoms with Gasteiger partial charge in [0.05, 0.1) is 16.3 Å². The van der Waals surface area contributed by atoms with Crippen LogP contribution in [0.4, 0.5) is 14.5 Å². The minimum absolute atomic E-state index is 0.114. The zero-order valence-corrected chi connectivity index (χ0v) is 16.6. The maximum Gasteiger partial charge on any atom is 0.274 e. The highest BCUT2D eigenvalue weighted by molar-refractivity contribution is 9.10. The van der Waals surface area contributed by atoms with Gasteiger partial charge in [-0.05, 0) is 51.6 Å². The molecule has 0 saturated carbocycles. The molecular formula is C20H12BrF2N3OS. The van der Waals surface area contributed by atoms with E-state index >= 15 is 0 Å². The summed E-state index contributed by atoms with van der Waals surface area (Å²) in [7, 11) is 0. The number of anilines is 1. The largest absolute Gasteiger partial charge is 0.317 e. The monoisotopic (exact) mass is 459 g/mol. The van der Waals surface area contributed by atoms with E-state index in [9.17, 15) is 13.6 Å². The van der Waals surface area contributed by atoms with Crippen LogP contribution < -0.4 is 5.32 Å². The standard InChI is InChI=1S/C20H12BrF2N3OS/c21-14-9-12(22)10-15(23)19(14)24-20(27)17-11-16(18-7-4-8-28-18)25-26(17)13-5-2-1-3-6-13/h1-11H,(H,24,27). The number of nitrogens with one attached hydrogen (secondary N) is 1. The lowest BCUT2D eigenvalue weighted by atomic mass is 10.2. The van der Waals surface area contributed by atoms with Gasteiger partial charge in [0, 0.05) is 10.5 Å². The predicted octanol–water partition coefficient (Wildman–Crippen LogP) is 5.89. The Balaban J connectivity index is 1.77. The van der Waals surface area contributed by atoms with Gasteiger partial charge in [-0.3, -0.25) is 4.79 Å². The lowest BCUT2D eigenvalue weighted by molar-refractivity contribution is 0.101. The lowest BCUT2D eigenvalue weighted by Crippen LogP contribution is -2.18. The number of nitrogens with zero attached hydrogens (tertiary/aromatic N) is 2. The van der Waals surface area contributed by atoms with Crippen LogP contribution in [-0.4, -0.2) is 15.7 Å². The summed E-state index contributed by atoms with van der Waals surface area (Å²) in [6, 6.07) is 16.4. The fraction of sp³-hybridized carbons (Fsp3) is 0. The van der Waals surface area contributed by atoms with E-state index in [0.717, 1.165) is 10.9 Å². The van der Waals surface area contributed by atoms with Crippen molar-refractivity contribution < 1.29 is 13.6 Å². The molecule has 0 aliphatic carbocycles. The number of rotatable bonds is 4. The van der Waals surface area contributed by atoms with Crippen molar-refractivity contribution in [2.75, 3.05) is 5.32 Å². The molecule has 0 radical (unpaired) electrons. The van der Waals surface area contributed by atoms with Gasteiger partial charge in [-0.25, -0.2) is 13.5 Å². The number of carbonyl (C=O) groups is 1. The van der Waals surface area contributed by atoms with Gasteiger partial charge in [-0.2, -0.15) is 5.10 Å². The average molecular weight is 460 g/mol. The Kier molecular flexibility index (Phi) is 5.06. The van der Waals surface area contributed by atoms with Gasteiger partial charge < -0.3 is 5.32 Å². The zero-order valence-electron chi connectivity index (χ0n) is 14.2. The van der Waals surface area contributed by atoms with Crippen molar-refractivity contribution in [3.8, 4) is 16.3 Å². The number of hydrogen-bond acceptors (Lipinski definition) is 3. The molecule has 0 aliphatic rings. The van der Waals surface area contributed by atoms with Crippen LogP contribution in [0.2, 0.25) is 0 Å². The molecule has 140 valence electrons. The molecule has 0 atom stereocenters. The van der Waals surface area contributed by atoms with Gasteiger partial charge in [-0.15, -0.1) is 11.3 Å². The van der Waals surface area contributed by atoms with Gasteiger partial charge in [0.15, 0.2) is 5.82 Å². The number of benzene rings is 2. The molecule has 8 heteroatoms. The van der Waals surface area contributed by atoms with E-state index in [2.05, 4.69) is 26.3 Å². The van der Waals surface area contributed by atoms with Crippen LogP contribution in [0.1, 0.15) is 10.5 Å². The summed E-state index contributed by atoms with van der Waals surface area (Å²) in [6.45, 7) is 0. The third-order valence-corrected chi connectivity index (χ3v) is 5.48. The van der Waals surface area contributed by atoms with Crippen LogP contribution in [-0.2, 0) is 0 Å². The first-order chi connectivity index (χ1) is 13.5. The lowest BCUT2D eigenvalue weighted by Gasteiger charge is -2.10. The number of aromatic nitrogens is 2. The van der Waals surface area contributed by atoms with E-state index in [1.165, 1.54) is 16.0 Å². The van der Waals surface area contributed by atoms with Crippen molar-refractivity contribution in [3.05, 3.63) is 87.8 Å². The predicted molar refractivity (Wildman–Crippen MR) is 109 cm³/mol. The molecule has 4 aromatic rings. The minimum Gasteiger partial charge on any atom is -0.317 e. The van der Waals surface area contributed by atoms with E-state index in [-0.39, 0.29) is 15.9 Å². The Labute approximate surface area is 171 Å². The van der Waals surface area contributed by atoms with Crippen LogP contribution in [0.15, 0.2) is 70.5 Å². The quantitative estimate of drug-likeness (QED) is 0.413. The van der Waals surface area contributed by atoms with Crippen LogP contribution in [0.3, 0.4) is 0 Å². The zero-order chi connectivity index (χ0) is 19.7. The molecular weight excluding hydrogens is 448 g/mol. The average Bonchev–Trinajstić information content (AvgIpc) is 3.34. The summed E-state index contributed by atoms with van der Waals surface area (Å²) in [6.07, 6.45) is 0. The molecule has 0 saturated heterocycles. The van der Waals surface area contributed by atoms with Crippen molar-refractivity contribution >= 4 is 38.9 Å². The molecule has 0 fully saturated rings. The number of halogens is 3. The molecule has 4 rings (SSSR count). The molecule has 4 nitrogen and oxygen atoms in total. The first kappa shape index (κ1) is 18.5. The molecule has 0 aliphatic heterocycles. The Morgan fingerprint density at radius 1 is 1.07 bits per heavy atom. The summed E-state index contributed by atoms with van der Waals surface area (Å²) in [5, 5.41) is 8.97. The third kappa shape index (κ3) is 3.61. The third-order valence-electron chi connectivity index (χ3n) is 3.96. The fourth-order valence-corrected chi connectivity index (χ4v) is 3.88. The maximum absolute atomic E-state index is 14.1. The Hall–Kier alpha value is -2.84. The first-order valence-corrected chi connectivity index (χ1v) is 9.85. The second-order valence-corrected chi connectivity index (χ2v) is 7.64. The fourth-order valence-electron chi connectivity index (χ4n) is 2.69. The number of para-hydroxylation sites is 1. The van der Waals surface area contributed by atoms with E-state index < -0.39 is 17.5 Å². The molecule has 0 spiro atoms. The normalized spacial score (nSPS) is 10.8. The first-order valence-electron chi connectivity index (χ1n) is 8.18. The topological polar surface area (TPSA) is 46.9 Å². The summed E-state index contributed by atoms with van der Waals surface area (Å²) in [5.41, 5.74) is 1.41. The van der Waals surface area contributed by atoms with Crippen molar-refractivity contribution in [1.82, 2.24) is 9.78 Å². The summed E-state index contributed by atoms with van der Waals surface area (Å²) in [5.74, 6) is -2.17. The number of amides is 1. The Morgan fingerprint density at radius 2 is 1.86 bits per heavy atom. The van der Waals surface area contributed by atoms with E-state index in [4.69, 9.17) is 0 Å². The number of hydrogen-bond donors (Lipinski definition) is 1. The minimum atomic E-state index is -0.871. The van der Waals surface area contributed by atoms with Crippen LogP contribution in [0.25, 0.3) is 16.3 Å². The highest BCUT2D eigenvalue weighted by Crippen LogP contribution is 2.29. The smallest absolute Gasteiger partial charge is 0.274 e. The number of thiophene rings is 1. The molecule has 0 bridgehead atoms. The molecule has 1 amide bonds. The van der Waals surface area contributed by atoms with Gasteiger partial charge in [0.1, 0.15) is 17.2 Å². The molecule has 2 aromatic carbocycles. The summed E-state index contributed by atoms with van der Waals surface area (Å²) in [4.78, 5) is 13.8. The summed E-state index contributed by atoms with van der Waals surface area (Å²) < 4.78 is 29.1. The Bertz CT molecular complexity index is 1120. The SMILES string of the molecule is O=C(Nc1c(F)cc(F)cc1Br)c1cc(-c2cccs2)nn1-c1ccccc1. The van der Waals surface area contributed by atoms with Crippen LogP contribution >= 0.6 is 27.3 Å². The Morgan fingerprint density at radius 3 is 2.54 bits per heavy atom. The van der Waals surface area contributed by atoms with E-state index in [1.807, 2.05) is 47.8 Å². The van der Waals surface area contributed by atoms with Gasteiger partial charge in [-0.1, -0.05) is 24.3 Å². The van der Waals surface area contributed by atoms with Crippen LogP contribution in [0, 0.1) is 11.6 Å². The maximum atomic E-state index is 14.1. The van der Waals surface area contributed by atoms with E-state index in [0.29, 0.717) is 17.4 Å². The number of carbonyl (C=O) groups excluding carboxylic acids is 1. The molecule has 2 heterocycles. The van der Waals surface area contributed by atoms with Gasteiger partial charge in [0.2, 0.25) is 0 Å².